The third-order valence-corrected chi connectivity index (χ3v) is 6.81. The second-order valence-corrected chi connectivity index (χ2v) is 9.56. The molecule has 3 rings (SSSR count). The van der Waals surface area contributed by atoms with Gasteiger partial charge in [0.05, 0.1) is 17.0 Å². The van der Waals surface area contributed by atoms with E-state index in [2.05, 4.69) is 10.0 Å². The Morgan fingerprint density at radius 3 is 2.35 bits per heavy atom. The predicted octanol–water partition coefficient (Wildman–Crippen LogP) is 4.37. The Bertz CT molecular complexity index is 987. The van der Waals surface area contributed by atoms with Crippen LogP contribution in [0, 0.1) is 0 Å². The summed E-state index contributed by atoms with van der Waals surface area (Å²) in [6.07, 6.45) is 6.64. The van der Waals surface area contributed by atoms with Crippen molar-refractivity contribution in [2.75, 3.05) is 18.4 Å². The molecule has 0 saturated heterocycles. The smallest absolute Gasteiger partial charge is 0.261 e. The minimum absolute atomic E-state index is 0.0106. The number of hydrogen-bond acceptors (Lipinski definition) is 5. The fraction of sp³-hybridized carbons (Fsp3) is 0.409. The quantitative estimate of drug-likeness (QED) is 0.563. The molecule has 0 heterocycles. The summed E-state index contributed by atoms with van der Waals surface area (Å²) in [5.41, 5.74) is 0.396. The highest BCUT2D eigenvalue weighted by Gasteiger charge is 2.18. The van der Waals surface area contributed by atoms with Gasteiger partial charge < -0.3 is 14.8 Å². The van der Waals surface area contributed by atoms with Gasteiger partial charge in [0.1, 0.15) is 11.5 Å². The highest BCUT2D eigenvalue weighted by atomic mass is 35.5. The monoisotopic (exact) mass is 466 g/mol. The molecule has 168 valence electrons. The Balaban J connectivity index is 1.58. The van der Waals surface area contributed by atoms with Crippen molar-refractivity contribution in [3.8, 4) is 11.5 Å². The molecule has 1 aliphatic rings. The van der Waals surface area contributed by atoms with Crippen molar-refractivity contribution in [3.05, 3.63) is 47.5 Å². The average molecular weight is 467 g/mol. The van der Waals surface area contributed by atoms with Gasteiger partial charge in [0.25, 0.3) is 15.9 Å². The van der Waals surface area contributed by atoms with Crippen LogP contribution in [0.1, 0.15) is 38.5 Å². The largest absolute Gasteiger partial charge is 0.497 e. The molecule has 7 nitrogen and oxygen atoms in total. The van der Waals surface area contributed by atoms with E-state index in [0.717, 1.165) is 25.7 Å². The van der Waals surface area contributed by atoms with E-state index in [1.165, 1.54) is 38.2 Å². The van der Waals surface area contributed by atoms with Gasteiger partial charge >= 0.3 is 0 Å². The number of methoxy groups -OCH3 is 1. The standard InChI is InChI=1S/C22H27ClN2O5S/c1-29-18-10-8-17(9-11-18)25-31(27,28)19-12-13-21(20(23)14-19)30-15-22(26)24-16-6-4-2-3-5-7-16/h8-14,16,25H,2-7,15H2,1H3,(H,24,26). The molecular weight excluding hydrogens is 440 g/mol. The van der Waals surface area contributed by atoms with Gasteiger partial charge in [-0.05, 0) is 55.3 Å². The maximum Gasteiger partial charge on any atom is 0.261 e. The number of halogens is 1. The molecule has 1 amide bonds. The molecule has 0 atom stereocenters. The summed E-state index contributed by atoms with van der Waals surface area (Å²) in [6, 6.07) is 10.8. The van der Waals surface area contributed by atoms with E-state index >= 15 is 0 Å². The summed E-state index contributed by atoms with van der Waals surface area (Å²) in [7, 11) is -2.30. The van der Waals surface area contributed by atoms with Gasteiger partial charge in [-0.25, -0.2) is 8.42 Å². The molecule has 2 aromatic rings. The van der Waals surface area contributed by atoms with Crippen LogP contribution < -0.4 is 19.5 Å². The lowest BCUT2D eigenvalue weighted by molar-refractivity contribution is -0.123. The molecule has 0 spiro atoms. The second-order valence-electron chi connectivity index (χ2n) is 7.47. The Morgan fingerprint density at radius 1 is 1.06 bits per heavy atom. The van der Waals surface area contributed by atoms with Crippen LogP contribution in [-0.4, -0.2) is 34.1 Å². The van der Waals surface area contributed by atoms with E-state index in [-0.39, 0.29) is 34.2 Å². The first-order valence-electron chi connectivity index (χ1n) is 10.3. The van der Waals surface area contributed by atoms with Crippen LogP contribution in [-0.2, 0) is 14.8 Å². The van der Waals surface area contributed by atoms with E-state index in [9.17, 15) is 13.2 Å². The van der Waals surface area contributed by atoms with Gasteiger partial charge in [-0.15, -0.1) is 0 Å². The predicted molar refractivity (Wildman–Crippen MR) is 120 cm³/mol. The van der Waals surface area contributed by atoms with Crippen LogP contribution in [0.3, 0.4) is 0 Å². The number of ether oxygens (including phenoxy) is 2. The molecule has 1 saturated carbocycles. The van der Waals surface area contributed by atoms with Gasteiger partial charge in [-0.1, -0.05) is 37.3 Å². The summed E-state index contributed by atoms with van der Waals surface area (Å²) >= 11 is 6.21. The van der Waals surface area contributed by atoms with E-state index in [0.29, 0.717) is 11.4 Å². The topological polar surface area (TPSA) is 93.7 Å². The summed E-state index contributed by atoms with van der Waals surface area (Å²) in [6.45, 7) is -0.174. The van der Waals surface area contributed by atoms with Gasteiger partial charge in [0.2, 0.25) is 0 Å². The normalized spacial score (nSPS) is 15.0. The summed E-state index contributed by atoms with van der Waals surface area (Å²) < 4.78 is 38.3. The first kappa shape index (κ1) is 23.2. The zero-order chi connectivity index (χ0) is 22.3. The maximum atomic E-state index is 12.6. The minimum Gasteiger partial charge on any atom is -0.497 e. The number of rotatable bonds is 8. The molecule has 1 aliphatic carbocycles. The SMILES string of the molecule is COc1ccc(NS(=O)(=O)c2ccc(OCC(=O)NC3CCCCCC3)c(Cl)c2)cc1. The molecule has 0 bridgehead atoms. The van der Waals surface area contributed by atoms with Crippen molar-refractivity contribution >= 4 is 33.2 Å². The summed E-state index contributed by atoms with van der Waals surface area (Å²) in [5.74, 6) is 0.664. The van der Waals surface area contributed by atoms with Crippen LogP contribution in [0.4, 0.5) is 5.69 Å². The van der Waals surface area contributed by atoms with E-state index in [1.807, 2.05) is 0 Å². The molecule has 0 aliphatic heterocycles. The van der Waals surface area contributed by atoms with Crippen molar-refractivity contribution in [1.29, 1.82) is 0 Å². The number of benzene rings is 2. The van der Waals surface area contributed by atoms with E-state index in [1.54, 1.807) is 24.3 Å². The fourth-order valence-corrected chi connectivity index (χ4v) is 4.86. The van der Waals surface area contributed by atoms with Crippen molar-refractivity contribution < 1.29 is 22.7 Å². The number of anilines is 1. The number of nitrogens with one attached hydrogen (secondary N) is 2. The molecule has 1 fully saturated rings. The maximum absolute atomic E-state index is 12.6. The first-order chi connectivity index (χ1) is 14.9. The molecular formula is C22H27ClN2O5S. The molecule has 9 heteroatoms. The van der Waals surface area contributed by atoms with Crippen LogP contribution in [0.15, 0.2) is 47.4 Å². The molecule has 0 radical (unpaired) electrons. The van der Waals surface area contributed by atoms with Crippen LogP contribution in [0.5, 0.6) is 11.5 Å². The highest BCUT2D eigenvalue weighted by molar-refractivity contribution is 7.92. The average Bonchev–Trinajstić information content (AvgIpc) is 3.01. The van der Waals surface area contributed by atoms with E-state index < -0.39 is 10.0 Å². The first-order valence-corrected chi connectivity index (χ1v) is 12.1. The van der Waals surface area contributed by atoms with Crippen molar-refractivity contribution in [2.24, 2.45) is 0 Å². The summed E-state index contributed by atoms with van der Waals surface area (Å²) in [4.78, 5) is 12.2. The third-order valence-electron chi connectivity index (χ3n) is 5.13. The lowest BCUT2D eigenvalue weighted by Gasteiger charge is -2.17. The van der Waals surface area contributed by atoms with Gasteiger partial charge in [0, 0.05) is 11.7 Å². The van der Waals surface area contributed by atoms with Gasteiger partial charge in [-0.2, -0.15) is 0 Å². The molecule has 2 aromatic carbocycles. The molecule has 0 unspecified atom stereocenters. The Hall–Kier alpha value is -2.45. The highest BCUT2D eigenvalue weighted by Crippen LogP contribution is 2.28. The van der Waals surface area contributed by atoms with Gasteiger partial charge in [-0.3, -0.25) is 9.52 Å². The van der Waals surface area contributed by atoms with E-state index in [4.69, 9.17) is 21.1 Å². The number of carbonyl (C=O) groups excluding carboxylic acids is 1. The Kier molecular flexibility index (Phi) is 8.03. The minimum atomic E-state index is -3.84. The van der Waals surface area contributed by atoms with Gasteiger partial charge in [0.15, 0.2) is 6.61 Å². The van der Waals surface area contributed by atoms with Crippen LogP contribution in [0.25, 0.3) is 0 Å². The zero-order valence-electron chi connectivity index (χ0n) is 17.4. The molecule has 2 N–H and O–H groups in total. The Morgan fingerprint density at radius 2 is 1.74 bits per heavy atom. The summed E-state index contributed by atoms with van der Waals surface area (Å²) in [5, 5.41) is 3.11. The lowest BCUT2D eigenvalue weighted by atomic mass is 10.1. The number of carbonyl (C=O) groups is 1. The van der Waals surface area contributed by atoms with Crippen molar-refractivity contribution in [2.45, 2.75) is 49.5 Å². The molecule has 0 aromatic heterocycles. The zero-order valence-corrected chi connectivity index (χ0v) is 19.0. The van der Waals surface area contributed by atoms with Crippen molar-refractivity contribution in [1.82, 2.24) is 5.32 Å². The number of amides is 1. The number of hydrogen-bond donors (Lipinski definition) is 2. The van der Waals surface area contributed by atoms with Crippen LogP contribution >= 0.6 is 11.6 Å². The van der Waals surface area contributed by atoms with Crippen LogP contribution in [0.2, 0.25) is 5.02 Å². The molecule has 31 heavy (non-hydrogen) atoms. The lowest BCUT2D eigenvalue weighted by Crippen LogP contribution is -2.37. The third kappa shape index (κ3) is 6.77. The number of sulfonamides is 1. The Labute approximate surface area is 188 Å². The fourth-order valence-electron chi connectivity index (χ4n) is 3.48. The second kappa shape index (κ2) is 10.7. The van der Waals surface area contributed by atoms with Crippen molar-refractivity contribution in [3.63, 3.8) is 0 Å².